The molecule has 3 aromatic rings. The molecule has 8 nitrogen and oxygen atoms in total. The van der Waals surface area contributed by atoms with Crippen LogP contribution in [0.1, 0.15) is 48.7 Å². The van der Waals surface area contributed by atoms with E-state index in [0.29, 0.717) is 28.8 Å². The molecule has 0 spiro atoms. The van der Waals surface area contributed by atoms with Crippen molar-refractivity contribution in [1.82, 2.24) is 9.78 Å². The average Bonchev–Trinajstić information content (AvgIpc) is 2.82. The van der Waals surface area contributed by atoms with E-state index in [2.05, 4.69) is 17.3 Å². The Kier molecular flexibility index (Phi) is 8.18. The van der Waals surface area contributed by atoms with Gasteiger partial charge >= 0.3 is 5.97 Å². The number of rotatable bonds is 10. The van der Waals surface area contributed by atoms with Gasteiger partial charge in [-0.2, -0.15) is 5.10 Å². The average molecular weight is 452 g/mol. The molecule has 0 aliphatic heterocycles. The minimum absolute atomic E-state index is 0.0154. The summed E-state index contributed by atoms with van der Waals surface area (Å²) < 4.78 is 11.8. The lowest BCUT2D eigenvalue weighted by Crippen LogP contribution is -2.28. The number of carbonyl (C=O) groups is 2. The zero-order valence-electron chi connectivity index (χ0n) is 19.2. The summed E-state index contributed by atoms with van der Waals surface area (Å²) in [5, 5.41) is 7.76. The Morgan fingerprint density at radius 2 is 1.82 bits per heavy atom. The van der Waals surface area contributed by atoms with E-state index < -0.39 is 18.5 Å². The van der Waals surface area contributed by atoms with Crippen molar-refractivity contribution in [2.75, 3.05) is 19.0 Å². The summed E-state index contributed by atoms with van der Waals surface area (Å²) in [6.45, 7) is 3.92. The number of amides is 1. The fraction of sp³-hybridized carbons (Fsp3) is 0.360. The molecule has 0 radical (unpaired) electrons. The number of hydrogen-bond donors (Lipinski definition) is 1. The van der Waals surface area contributed by atoms with E-state index in [1.165, 1.54) is 11.8 Å². The minimum Gasteiger partial charge on any atom is -0.495 e. The molecule has 0 unspecified atom stereocenters. The number of nitrogens with zero attached hydrogens (tertiary/aromatic N) is 2. The molecule has 1 amide bonds. The smallest absolute Gasteiger partial charge is 0.359 e. The van der Waals surface area contributed by atoms with E-state index >= 15 is 0 Å². The van der Waals surface area contributed by atoms with Crippen LogP contribution in [-0.4, -0.2) is 35.4 Å². The summed E-state index contributed by atoms with van der Waals surface area (Å²) in [4.78, 5) is 38.0. The van der Waals surface area contributed by atoms with Gasteiger partial charge in [0.25, 0.3) is 11.5 Å². The highest BCUT2D eigenvalue weighted by molar-refractivity contribution is 6.03. The Balaban J connectivity index is 1.76. The third kappa shape index (κ3) is 5.97. The number of carbonyl (C=O) groups excluding carboxylic acids is 2. The molecule has 1 N–H and O–H groups in total. The van der Waals surface area contributed by atoms with Gasteiger partial charge in [-0.3, -0.25) is 9.59 Å². The van der Waals surface area contributed by atoms with Crippen LogP contribution in [0, 0.1) is 6.92 Å². The number of anilines is 1. The molecule has 0 saturated heterocycles. The molecule has 0 aliphatic rings. The van der Waals surface area contributed by atoms with Crippen molar-refractivity contribution >= 4 is 28.3 Å². The highest BCUT2D eigenvalue weighted by Gasteiger charge is 2.19. The first-order chi connectivity index (χ1) is 15.9. The molecule has 0 aliphatic carbocycles. The quantitative estimate of drug-likeness (QED) is 0.368. The van der Waals surface area contributed by atoms with Gasteiger partial charge in [-0.25, -0.2) is 9.48 Å². The third-order valence-electron chi connectivity index (χ3n) is 5.25. The Bertz CT molecular complexity index is 1200. The number of hydrogen-bond acceptors (Lipinski definition) is 6. The maximum atomic E-state index is 12.8. The Hall–Kier alpha value is -3.68. The number of nitrogens with one attached hydrogen (secondary N) is 1. The molecule has 0 saturated carbocycles. The Morgan fingerprint density at radius 1 is 1.06 bits per heavy atom. The van der Waals surface area contributed by atoms with Crippen molar-refractivity contribution < 1.29 is 19.1 Å². The molecule has 0 fully saturated rings. The number of esters is 1. The number of aryl methyl sites for hydroxylation is 2. The zero-order valence-corrected chi connectivity index (χ0v) is 19.2. The highest BCUT2D eigenvalue weighted by atomic mass is 16.5. The van der Waals surface area contributed by atoms with Gasteiger partial charge in [-0.15, -0.1) is 0 Å². The monoisotopic (exact) mass is 451 g/mol. The van der Waals surface area contributed by atoms with E-state index in [4.69, 9.17) is 9.47 Å². The van der Waals surface area contributed by atoms with Crippen LogP contribution in [0.3, 0.4) is 0 Å². The largest absolute Gasteiger partial charge is 0.495 e. The first-order valence-corrected chi connectivity index (χ1v) is 11.1. The normalized spacial score (nSPS) is 10.8. The van der Waals surface area contributed by atoms with Crippen molar-refractivity contribution in [2.45, 2.75) is 46.1 Å². The molecule has 8 heteroatoms. The fourth-order valence-electron chi connectivity index (χ4n) is 3.53. The summed E-state index contributed by atoms with van der Waals surface area (Å²) >= 11 is 0. The molecule has 0 atom stereocenters. The second-order valence-electron chi connectivity index (χ2n) is 7.81. The lowest BCUT2D eigenvalue weighted by molar-refractivity contribution is -0.119. The molecular formula is C25H29N3O5. The van der Waals surface area contributed by atoms with Crippen molar-refractivity contribution in [1.29, 1.82) is 0 Å². The Morgan fingerprint density at radius 3 is 2.55 bits per heavy atom. The molecular weight excluding hydrogens is 422 g/mol. The van der Waals surface area contributed by atoms with Gasteiger partial charge in [0.05, 0.1) is 18.2 Å². The standard InChI is InChI=1S/C25H29N3O5/c1-4-5-6-9-14-28-24(30)19-11-8-7-10-18(19)23(27-28)25(31)33-16-22(29)26-20-15-17(2)12-13-21(20)32-3/h7-8,10-13,15H,4-6,9,14,16H2,1-3H3,(H,26,29). The SMILES string of the molecule is CCCCCCn1nc(C(=O)OCC(=O)Nc2cc(C)ccc2OC)c2ccccc2c1=O. The van der Waals surface area contributed by atoms with E-state index in [1.807, 2.05) is 13.0 Å². The number of ether oxygens (including phenoxy) is 2. The molecule has 1 heterocycles. The van der Waals surface area contributed by atoms with Crippen LogP contribution in [0.4, 0.5) is 5.69 Å². The van der Waals surface area contributed by atoms with Gasteiger partial charge < -0.3 is 14.8 Å². The van der Waals surface area contributed by atoms with Crippen molar-refractivity contribution in [3.05, 3.63) is 64.1 Å². The van der Waals surface area contributed by atoms with Crippen LogP contribution in [0.15, 0.2) is 47.3 Å². The number of methoxy groups -OCH3 is 1. The molecule has 33 heavy (non-hydrogen) atoms. The second kappa shape index (κ2) is 11.3. The van der Waals surface area contributed by atoms with Gasteiger partial charge in [-0.05, 0) is 37.1 Å². The van der Waals surface area contributed by atoms with Crippen molar-refractivity contribution in [3.63, 3.8) is 0 Å². The van der Waals surface area contributed by atoms with Crippen LogP contribution in [0.25, 0.3) is 10.8 Å². The minimum atomic E-state index is -0.764. The number of aromatic nitrogens is 2. The van der Waals surface area contributed by atoms with Crippen LogP contribution >= 0.6 is 0 Å². The molecule has 0 bridgehead atoms. The number of fused-ring (bicyclic) bond motifs is 1. The lowest BCUT2D eigenvalue weighted by Gasteiger charge is -2.12. The topological polar surface area (TPSA) is 99.5 Å². The molecule has 3 rings (SSSR count). The van der Waals surface area contributed by atoms with Gasteiger partial charge in [0.1, 0.15) is 5.75 Å². The maximum Gasteiger partial charge on any atom is 0.359 e. The van der Waals surface area contributed by atoms with Crippen LogP contribution in [0.5, 0.6) is 5.75 Å². The summed E-state index contributed by atoms with van der Waals surface area (Å²) in [7, 11) is 1.51. The number of unbranched alkanes of at least 4 members (excludes halogenated alkanes) is 3. The van der Waals surface area contributed by atoms with Crippen LogP contribution in [0.2, 0.25) is 0 Å². The van der Waals surface area contributed by atoms with Gasteiger partial charge in [0.2, 0.25) is 0 Å². The molecule has 2 aromatic carbocycles. The zero-order chi connectivity index (χ0) is 23.8. The maximum absolute atomic E-state index is 12.8. The van der Waals surface area contributed by atoms with Crippen LogP contribution in [-0.2, 0) is 16.1 Å². The first kappa shape index (κ1) is 24.0. The highest BCUT2D eigenvalue weighted by Crippen LogP contribution is 2.25. The lowest BCUT2D eigenvalue weighted by atomic mass is 10.1. The first-order valence-electron chi connectivity index (χ1n) is 11.1. The Labute approximate surface area is 192 Å². The van der Waals surface area contributed by atoms with Gasteiger partial charge in [0, 0.05) is 11.9 Å². The predicted octanol–water partition coefficient (Wildman–Crippen LogP) is 4.09. The van der Waals surface area contributed by atoms with Gasteiger partial charge in [0.15, 0.2) is 12.3 Å². The van der Waals surface area contributed by atoms with E-state index in [0.717, 1.165) is 31.2 Å². The predicted molar refractivity (Wildman–Crippen MR) is 127 cm³/mol. The van der Waals surface area contributed by atoms with Crippen LogP contribution < -0.4 is 15.6 Å². The molecule has 1 aromatic heterocycles. The molecule has 174 valence electrons. The van der Waals surface area contributed by atoms with Gasteiger partial charge in [-0.1, -0.05) is 50.5 Å². The van der Waals surface area contributed by atoms with E-state index in [1.54, 1.807) is 36.4 Å². The summed E-state index contributed by atoms with van der Waals surface area (Å²) in [6, 6.07) is 12.2. The van der Waals surface area contributed by atoms with Crippen molar-refractivity contribution in [2.24, 2.45) is 0 Å². The van der Waals surface area contributed by atoms with Crippen molar-refractivity contribution in [3.8, 4) is 5.75 Å². The summed E-state index contributed by atoms with van der Waals surface area (Å²) in [6.07, 6.45) is 3.90. The van der Waals surface area contributed by atoms with E-state index in [-0.39, 0.29) is 11.3 Å². The summed E-state index contributed by atoms with van der Waals surface area (Å²) in [5.74, 6) is -0.771. The van der Waals surface area contributed by atoms with E-state index in [9.17, 15) is 14.4 Å². The fourth-order valence-corrected chi connectivity index (χ4v) is 3.53. The summed E-state index contributed by atoms with van der Waals surface area (Å²) in [5.41, 5.74) is 1.20. The number of benzene rings is 2. The second-order valence-corrected chi connectivity index (χ2v) is 7.81. The third-order valence-corrected chi connectivity index (χ3v) is 5.25.